The summed E-state index contributed by atoms with van der Waals surface area (Å²) >= 11 is 0. The van der Waals surface area contributed by atoms with Crippen molar-refractivity contribution in [1.29, 1.82) is 0 Å². The summed E-state index contributed by atoms with van der Waals surface area (Å²) in [5.41, 5.74) is 1.03. The van der Waals surface area contributed by atoms with E-state index in [9.17, 15) is 13.2 Å². The highest BCUT2D eigenvalue weighted by atomic mass is 32.2. The molecule has 0 unspecified atom stereocenters. The largest absolute Gasteiger partial charge is 0.326 e. The second-order valence-electron chi connectivity index (χ2n) is 4.04. The van der Waals surface area contributed by atoms with Crippen molar-refractivity contribution in [2.45, 2.75) is 18.2 Å². The number of carbonyl (C=O) groups excluding carboxylic acids is 1. The minimum absolute atomic E-state index is 0.156. The predicted octanol–water partition coefficient (Wildman–Crippen LogP) is 0.451. The van der Waals surface area contributed by atoms with Gasteiger partial charge in [0.2, 0.25) is 15.9 Å². The summed E-state index contributed by atoms with van der Waals surface area (Å²) in [6.07, 6.45) is 0.332. The van der Waals surface area contributed by atoms with E-state index < -0.39 is 10.0 Å². The van der Waals surface area contributed by atoms with Crippen LogP contribution in [0.25, 0.3) is 0 Å². The summed E-state index contributed by atoms with van der Waals surface area (Å²) in [4.78, 5) is 11.8. The first-order chi connectivity index (χ1) is 8.92. The Morgan fingerprint density at radius 2 is 1.95 bits per heavy atom. The highest BCUT2D eigenvalue weighted by molar-refractivity contribution is 7.89. The van der Waals surface area contributed by atoms with Crippen LogP contribution in [0.3, 0.4) is 0 Å². The number of hydrogen-bond acceptors (Lipinski definition) is 4. The minimum Gasteiger partial charge on any atom is -0.326 e. The molecule has 7 heteroatoms. The molecule has 1 rings (SSSR count). The quantitative estimate of drug-likeness (QED) is 0.708. The van der Waals surface area contributed by atoms with Crippen LogP contribution in [-0.4, -0.2) is 35.0 Å². The van der Waals surface area contributed by atoms with E-state index in [2.05, 4.69) is 15.4 Å². The van der Waals surface area contributed by atoms with Crippen LogP contribution in [0.1, 0.15) is 12.0 Å². The zero-order valence-corrected chi connectivity index (χ0v) is 12.1. The van der Waals surface area contributed by atoms with Gasteiger partial charge >= 0.3 is 0 Å². The standard InChI is InChI=1S/C12H19N3O3S/c1-9-10(15-12(16)7-8-13-2)5-4-6-11(9)19(17,18)14-3/h4-6,13-14H,7-8H2,1-3H3,(H,15,16). The monoisotopic (exact) mass is 285 g/mol. The van der Waals surface area contributed by atoms with Crippen LogP contribution in [0.2, 0.25) is 0 Å². The van der Waals surface area contributed by atoms with E-state index >= 15 is 0 Å². The van der Waals surface area contributed by atoms with Crippen LogP contribution in [0.4, 0.5) is 5.69 Å². The average molecular weight is 285 g/mol. The molecule has 0 atom stereocenters. The van der Waals surface area contributed by atoms with Crippen LogP contribution >= 0.6 is 0 Å². The lowest BCUT2D eigenvalue weighted by Crippen LogP contribution is -2.22. The van der Waals surface area contributed by atoms with Gasteiger partial charge in [0.1, 0.15) is 0 Å². The fraction of sp³-hybridized carbons (Fsp3) is 0.417. The Balaban J connectivity index is 2.99. The molecule has 106 valence electrons. The average Bonchev–Trinajstić information content (AvgIpc) is 2.38. The molecule has 0 spiro atoms. The van der Waals surface area contributed by atoms with Crippen molar-refractivity contribution in [2.75, 3.05) is 26.0 Å². The molecule has 0 heterocycles. The molecule has 19 heavy (non-hydrogen) atoms. The van der Waals surface area contributed by atoms with Crippen LogP contribution in [0.15, 0.2) is 23.1 Å². The Bertz CT molecular complexity index is 555. The number of anilines is 1. The molecule has 1 aromatic rings. The van der Waals surface area contributed by atoms with Crippen molar-refractivity contribution in [2.24, 2.45) is 0 Å². The number of rotatable bonds is 6. The van der Waals surface area contributed by atoms with Gasteiger partial charge in [-0.15, -0.1) is 0 Å². The van der Waals surface area contributed by atoms with Gasteiger partial charge in [-0.3, -0.25) is 4.79 Å². The number of carbonyl (C=O) groups is 1. The van der Waals surface area contributed by atoms with E-state index in [1.165, 1.54) is 13.1 Å². The normalized spacial score (nSPS) is 11.3. The first-order valence-corrected chi connectivity index (χ1v) is 7.38. The van der Waals surface area contributed by atoms with Crippen LogP contribution in [0.5, 0.6) is 0 Å². The summed E-state index contributed by atoms with van der Waals surface area (Å²) in [6.45, 7) is 2.23. The zero-order valence-electron chi connectivity index (χ0n) is 11.3. The Kier molecular flexibility index (Phi) is 5.46. The maximum Gasteiger partial charge on any atom is 0.240 e. The molecule has 0 saturated carbocycles. The first kappa shape index (κ1) is 15.6. The molecule has 0 aromatic heterocycles. The fourth-order valence-electron chi connectivity index (χ4n) is 1.60. The van der Waals surface area contributed by atoms with E-state index in [1.807, 2.05) is 0 Å². The van der Waals surface area contributed by atoms with E-state index in [-0.39, 0.29) is 10.8 Å². The second kappa shape index (κ2) is 6.65. The highest BCUT2D eigenvalue weighted by Gasteiger charge is 2.17. The topological polar surface area (TPSA) is 87.3 Å². The van der Waals surface area contributed by atoms with Crippen molar-refractivity contribution < 1.29 is 13.2 Å². The molecular weight excluding hydrogens is 266 g/mol. The maximum absolute atomic E-state index is 11.8. The number of sulfonamides is 1. The van der Waals surface area contributed by atoms with E-state index in [0.717, 1.165) is 0 Å². The van der Waals surface area contributed by atoms with E-state index in [0.29, 0.717) is 24.2 Å². The van der Waals surface area contributed by atoms with E-state index in [4.69, 9.17) is 0 Å². The molecule has 0 radical (unpaired) electrons. The SMILES string of the molecule is CNCCC(=O)Nc1cccc(S(=O)(=O)NC)c1C. The highest BCUT2D eigenvalue weighted by Crippen LogP contribution is 2.22. The number of hydrogen-bond donors (Lipinski definition) is 3. The molecule has 0 aliphatic carbocycles. The molecule has 1 aromatic carbocycles. The molecular formula is C12H19N3O3S. The van der Waals surface area contributed by atoms with Gasteiger partial charge in [-0.25, -0.2) is 13.1 Å². The third-order valence-electron chi connectivity index (χ3n) is 2.72. The summed E-state index contributed by atoms with van der Waals surface area (Å²) < 4.78 is 25.9. The lowest BCUT2D eigenvalue weighted by Gasteiger charge is -2.12. The molecule has 0 bridgehead atoms. The molecule has 1 amide bonds. The molecule has 0 aliphatic heterocycles. The number of nitrogens with one attached hydrogen (secondary N) is 3. The molecule has 3 N–H and O–H groups in total. The Morgan fingerprint density at radius 1 is 1.26 bits per heavy atom. The maximum atomic E-state index is 11.8. The van der Waals surface area contributed by atoms with Gasteiger partial charge in [0.05, 0.1) is 4.90 Å². The third kappa shape index (κ3) is 4.02. The summed E-state index contributed by atoms with van der Waals surface area (Å²) in [7, 11) is -0.401. The van der Waals surface area contributed by atoms with Crippen molar-refractivity contribution in [3.05, 3.63) is 23.8 Å². The van der Waals surface area contributed by atoms with Gasteiger partial charge in [-0.2, -0.15) is 0 Å². The van der Waals surface area contributed by atoms with Gasteiger partial charge in [0, 0.05) is 18.7 Å². The minimum atomic E-state index is -3.52. The Labute approximate surface area is 113 Å². The second-order valence-corrected chi connectivity index (χ2v) is 5.89. The predicted molar refractivity (Wildman–Crippen MR) is 74.6 cm³/mol. The van der Waals surface area contributed by atoms with Crippen LogP contribution < -0.4 is 15.4 Å². The Hall–Kier alpha value is -1.44. The van der Waals surface area contributed by atoms with Crippen molar-refractivity contribution in [3.63, 3.8) is 0 Å². The molecule has 0 aliphatic rings. The Morgan fingerprint density at radius 3 is 2.53 bits per heavy atom. The number of amides is 1. The third-order valence-corrected chi connectivity index (χ3v) is 4.28. The van der Waals surface area contributed by atoms with Crippen molar-refractivity contribution in [1.82, 2.24) is 10.0 Å². The summed E-state index contributed by atoms with van der Waals surface area (Å²) in [5.74, 6) is -0.156. The number of benzene rings is 1. The zero-order chi connectivity index (χ0) is 14.5. The van der Waals surface area contributed by atoms with Crippen LogP contribution in [-0.2, 0) is 14.8 Å². The molecule has 6 nitrogen and oxygen atoms in total. The smallest absolute Gasteiger partial charge is 0.240 e. The van der Waals surface area contributed by atoms with Gasteiger partial charge < -0.3 is 10.6 Å². The lowest BCUT2D eigenvalue weighted by molar-refractivity contribution is -0.116. The summed E-state index contributed by atoms with van der Waals surface area (Å²) in [5, 5.41) is 5.59. The van der Waals surface area contributed by atoms with Gasteiger partial charge in [0.25, 0.3) is 0 Å². The molecule has 0 fully saturated rings. The van der Waals surface area contributed by atoms with Gasteiger partial charge in [-0.1, -0.05) is 6.07 Å². The fourth-order valence-corrected chi connectivity index (χ4v) is 2.59. The van der Waals surface area contributed by atoms with E-state index in [1.54, 1.807) is 26.1 Å². The van der Waals surface area contributed by atoms with Gasteiger partial charge in [0.15, 0.2) is 0 Å². The lowest BCUT2D eigenvalue weighted by atomic mass is 10.2. The van der Waals surface area contributed by atoms with Gasteiger partial charge in [-0.05, 0) is 38.7 Å². The summed E-state index contributed by atoms with van der Waals surface area (Å²) in [6, 6.07) is 4.79. The molecule has 0 saturated heterocycles. The first-order valence-electron chi connectivity index (χ1n) is 5.90. The van der Waals surface area contributed by atoms with Crippen molar-refractivity contribution in [3.8, 4) is 0 Å². The van der Waals surface area contributed by atoms with Crippen molar-refractivity contribution >= 4 is 21.6 Å². The van der Waals surface area contributed by atoms with Crippen LogP contribution in [0, 0.1) is 6.92 Å².